The number of hydrogen-bond acceptors (Lipinski definition) is 6. The largest absolute Gasteiger partial charge is 0.370 e. The van der Waals surface area contributed by atoms with Crippen molar-refractivity contribution in [1.82, 2.24) is 23.3 Å². The Balaban J connectivity index is 1.34. The van der Waals surface area contributed by atoms with Gasteiger partial charge >= 0.3 is 0 Å². The van der Waals surface area contributed by atoms with E-state index in [0.29, 0.717) is 0 Å². The van der Waals surface area contributed by atoms with Gasteiger partial charge < -0.3 is 10.2 Å². The van der Waals surface area contributed by atoms with E-state index < -0.39 is 0 Å². The Kier molecular flexibility index (Phi) is 8.62. The molecule has 2 aromatic carbocycles. The zero-order chi connectivity index (χ0) is 23.9. The molecule has 2 aliphatic rings. The molecular weight excluding hydrogens is 547 g/mol. The van der Waals surface area contributed by atoms with Gasteiger partial charge in [0.1, 0.15) is 5.82 Å². The summed E-state index contributed by atoms with van der Waals surface area (Å²) in [6.07, 6.45) is 4.79. The van der Waals surface area contributed by atoms with Crippen molar-refractivity contribution < 1.29 is 0 Å². The molecule has 0 aliphatic carbocycles. The molecule has 0 atom stereocenters. The number of anilines is 1. The Morgan fingerprint density at radius 2 is 1.66 bits per heavy atom. The highest BCUT2D eigenvalue weighted by Gasteiger charge is 2.23. The van der Waals surface area contributed by atoms with E-state index in [0.717, 1.165) is 62.8 Å². The van der Waals surface area contributed by atoms with Gasteiger partial charge in [0.05, 0.1) is 5.69 Å². The Hall–Kier alpha value is -2.07. The van der Waals surface area contributed by atoms with Crippen molar-refractivity contribution >= 4 is 28.7 Å². The fourth-order valence-electron chi connectivity index (χ4n) is 5.09. The molecule has 0 bridgehead atoms. The average molecular weight is 583 g/mol. The van der Waals surface area contributed by atoms with Crippen LogP contribution in [0.4, 0.5) is 5.82 Å². The van der Waals surface area contributed by atoms with Crippen LogP contribution in [0.2, 0.25) is 0 Å². The van der Waals surface area contributed by atoms with Gasteiger partial charge in [-0.05, 0) is 50.0 Å². The van der Waals surface area contributed by atoms with Gasteiger partial charge in [-0.3, -0.25) is 8.43 Å². The molecule has 1 aromatic heterocycles. The highest BCUT2D eigenvalue weighted by Crippen LogP contribution is 2.28. The minimum absolute atomic E-state index is 0.830. The van der Waals surface area contributed by atoms with E-state index in [2.05, 4.69) is 96.1 Å². The van der Waals surface area contributed by atoms with Crippen LogP contribution in [0.15, 0.2) is 54.6 Å². The first-order valence-electron chi connectivity index (χ1n) is 12.8. The quantitative estimate of drug-likeness (QED) is 0.199. The van der Waals surface area contributed by atoms with Crippen LogP contribution in [-0.2, 0) is 26.1 Å². The van der Waals surface area contributed by atoms with Gasteiger partial charge in [-0.25, -0.2) is 9.97 Å². The molecule has 3 heterocycles. The Bertz CT molecular complexity index is 1080. The molecule has 0 unspecified atom stereocenters. The first kappa shape index (κ1) is 24.6. The van der Waals surface area contributed by atoms with Gasteiger partial charge in [0, 0.05) is 73.1 Å². The van der Waals surface area contributed by atoms with Crippen molar-refractivity contribution in [3.63, 3.8) is 0 Å². The van der Waals surface area contributed by atoms with Crippen molar-refractivity contribution in [1.29, 1.82) is 0 Å². The predicted octanol–water partition coefficient (Wildman–Crippen LogP) is 5.04. The SMILES string of the molecule is INCc1ccc(-c2nc3c(c(NCCCN4CCCC4)n2)CN(Cc2ccccc2)CC3)cc1. The van der Waals surface area contributed by atoms with Crippen molar-refractivity contribution in [3.8, 4) is 11.4 Å². The fourth-order valence-corrected chi connectivity index (χ4v) is 5.53. The van der Waals surface area contributed by atoms with Crippen LogP contribution in [0, 0.1) is 0 Å². The molecule has 1 fully saturated rings. The number of fused-ring (bicyclic) bond motifs is 1. The lowest BCUT2D eigenvalue weighted by atomic mass is 10.0. The Morgan fingerprint density at radius 3 is 2.43 bits per heavy atom. The number of likely N-dealkylation sites (tertiary alicyclic amines) is 1. The Labute approximate surface area is 223 Å². The summed E-state index contributed by atoms with van der Waals surface area (Å²) >= 11 is 2.19. The van der Waals surface area contributed by atoms with E-state index in [4.69, 9.17) is 9.97 Å². The van der Waals surface area contributed by atoms with Crippen LogP contribution in [-0.4, -0.2) is 52.5 Å². The van der Waals surface area contributed by atoms with Crippen LogP contribution in [0.5, 0.6) is 0 Å². The minimum Gasteiger partial charge on any atom is -0.370 e. The zero-order valence-electron chi connectivity index (χ0n) is 20.3. The molecule has 0 saturated carbocycles. The standard InChI is InChI=1S/C28H35IN6/c29-31-19-22-9-11-24(12-10-22)27-32-26-13-18-35(20-23-7-2-1-3-8-23)21-25(26)28(33-27)30-14-6-17-34-15-4-5-16-34/h1-3,7-12,31H,4-6,13-21H2,(H,30,32,33). The van der Waals surface area contributed by atoms with Crippen LogP contribution in [0.3, 0.4) is 0 Å². The van der Waals surface area contributed by atoms with Crippen molar-refractivity contribution in [2.45, 2.75) is 45.3 Å². The molecule has 6 nitrogen and oxygen atoms in total. The fraction of sp³-hybridized carbons (Fsp3) is 0.429. The lowest BCUT2D eigenvalue weighted by Gasteiger charge is -2.30. The lowest BCUT2D eigenvalue weighted by molar-refractivity contribution is 0.243. The van der Waals surface area contributed by atoms with E-state index in [-0.39, 0.29) is 0 Å². The molecular formula is C28H35IN6. The molecule has 3 aromatic rings. The van der Waals surface area contributed by atoms with Gasteiger partial charge in [-0.2, -0.15) is 0 Å². The second-order valence-corrected chi connectivity index (χ2v) is 10.4. The molecule has 1 saturated heterocycles. The number of aromatic nitrogens is 2. The summed E-state index contributed by atoms with van der Waals surface area (Å²) in [7, 11) is 0. The van der Waals surface area contributed by atoms with E-state index in [1.165, 1.54) is 54.9 Å². The number of nitrogens with zero attached hydrogens (tertiary/aromatic N) is 4. The van der Waals surface area contributed by atoms with E-state index in [1.54, 1.807) is 0 Å². The highest BCUT2D eigenvalue weighted by atomic mass is 127. The van der Waals surface area contributed by atoms with Gasteiger partial charge in [-0.1, -0.05) is 54.6 Å². The first-order chi connectivity index (χ1) is 17.3. The zero-order valence-corrected chi connectivity index (χ0v) is 22.5. The summed E-state index contributed by atoms with van der Waals surface area (Å²) < 4.78 is 3.18. The number of halogens is 1. The molecule has 7 heteroatoms. The number of benzene rings is 2. The lowest BCUT2D eigenvalue weighted by Crippen LogP contribution is -2.32. The number of rotatable bonds is 10. The van der Waals surface area contributed by atoms with Crippen molar-refractivity contribution in [3.05, 3.63) is 77.0 Å². The number of nitrogens with one attached hydrogen (secondary N) is 2. The molecule has 2 N–H and O–H groups in total. The highest BCUT2D eigenvalue weighted by molar-refractivity contribution is 14.1. The smallest absolute Gasteiger partial charge is 0.161 e. The van der Waals surface area contributed by atoms with Crippen molar-refractivity contribution in [2.75, 3.05) is 38.0 Å². The summed E-state index contributed by atoms with van der Waals surface area (Å²) in [6, 6.07) is 19.4. The van der Waals surface area contributed by atoms with Crippen molar-refractivity contribution in [2.24, 2.45) is 0 Å². The molecule has 0 spiro atoms. The van der Waals surface area contributed by atoms with E-state index in [9.17, 15) is 0 Å². The Morgan fingerprint density at radius 1 is 0.857 bits per heavy atom. The van der Waals surface area contributed by atoms with Gasteiger partial charge in [0.2, 0.25) is 0 Å². The molecule has 35 heavy (non-hydrogen) atoms. The summed E-state index contributed by atoms with van der Waals surface area (Å²) in [6.45, 7) is 8.34. The third-order valence-electron chi connectivity index (χ3n) is 7.01. The van der Waals surface area contributed by atoms with Gasteiger partial charge in [0.15, 0.2) is 5.82 Å². The second-order valence-electron chi connectivity index (χ2n) is 9.60. The molecule has 5 rings (SSSR count). The maximum Gasteiger partial charge on any atom is 0.161 e. The summed E-state index contributed by atoms with van der Waals surface area (Å²) in [4.78, 5) is 15.2. The summed E-state index contributed by atoms with van der Waals surface area (Å²) in [5.74, 6) is 1.85. The molecule has 0 amide bonds. The molecule has 184 valence electrons. The monoisotopic (exact) mass is 582 g/mol. The minimum atomic E-state index is 0.830. The average Bonchev–Trinajstić information content (AvgIpc) is 3.41. The van der Waals surface area contributed by atoms with Crippen LogP contribution < -0.4 is 8.85 Å². The maximum atomic E-state index is 5.06. The topological polar surface area (TPSA) is 56.3 Å². The van der Waals surface area contributed by atoms with E-state index >= 15 is 0 Å². The maximum absolute atomic E-state index is 5.06. The third-order valence-corrected chi connectivity index (χ3v) is 7.40. The molecule has 2 aliphatic heterocycles. The summed E-state index contributed by atoms with van der Waals surface area (Å²) in [5.41, 5.74) is 6.16. The van der Waals surface area contributed by atoms with Gasteiger partial charge in [-0.15, -0.1) is 0 Å². The molecule has 0 radical (unpaired) electrons. The number of hydrogen-bond donors (Lipinski definition) is 2. The normalized spacial score (nSPS) is 16.4. The van der Waals surface area contributed by atoms with Crippen LogP contribution >= 0.6 is 22.9 Å². The first-order valence-corrected chi connectivity index (χ1v) is 13.9. The summed E-state index contributed by atoms with van der Waals surface area (Å²) in [5, 5.41) is 3.71. The predicted molar refractivity (Wildman–Crippen MR) is 151 cm³/mol. The van der Waals surface area contributed by atoms with Crippen LogP contribution in [0.1, 0.15) is 41.6 Å². The second kappa shape index (κ2) is 12.3. The van der Waals surface area contributed by atoms with Gasteiger partial charge in [0.25, 0.3) is 0 Å². The van der Waals surface area contributed by atoms with Crippen LogP contribution in [0.25, 0.3) is 11.4 Å². The van der Waals surface area contributed by atoms with E-state index in [1.807, 2.05) is 0 Å². The third kappa shape index (κ3) is 6.58.